The molecule has 27 heavy (non-hydrogen) atoms. The van der Waals surface area contributed by atoms with E-state index in [1.165, 1.54) is 19.3 Å². The molecule has 5 atom stereocenters. The molecule has 6 nitrogen and oxygen atoms in total. The van der Waals surface area contributed by atoms with Gasteiger partial charge in [0.05, 0.1) is 12.9 Å². The van der Waals surface area contributed by atoms with Crippen molar-refractivity contribution in [2.45, 2.75) is 59.0 Å². The first-order valence-electron chi connectivity index (χ1n) is 9.42. The Hall–Kier alpha value is -1.79. The second kappa shape index (κ2) is 8.07. The third-order valence-corrected chi connectivity index (χ3v) is 6.08. The lowest BCUT2D eigenvalue weighted by atomic mass is 9.67. The summed E-state index contributed by atoms with van der Waals surface area (Å²) in [7, 11) is 0. The highest BCUT2D eigenvalue weighted by Crippen LogP contribution is 2.57. The molecule has 6 heteroatoms. The van der Waals surface area contributed by atoms with Gasteiger partial charge in [-0.1, -0.05) is 12.5 Å². The first kappa shape index (κ1) is 21.5. The van der Waals surface area contributed by atoms with Crippen LogP contribution in [-0.4, -0.2) is 40.0 Å². The van der Waals surface area contributed by atoms with E-state index in [2.05, 4.69) is 0 Å². The molecule has 2 aliphatic carbocycles. The topological polar surface area (TPSA) is 101 Å². The van der Waals surface area contributed by atoms with Crippen molar-refractivity contribution < 1.29 is 29.3 Å². The van der Waals surface area contributed by atoms with Gasteiger partial charge in [0.15, 0.2) is 5.78 Å². The van der Waals surface area contributed by atoms with Gasteiger partial charge >= 0.3 is 5.97 Å². The first-order valence-corrected chi connectivity index (χ1v) is 9.42. The number of hydrogen-bond donors (Lipinski definition) is 2. The minimum absolute atomic E-state index is 0.0135. The summed E-state index contributed by atoms with van der Waals surface area (Å²) in [6.45, 7) is 6.36. The first-order chi connectivity index (χ1) is 12.5. The molecule has 0 amide bonds. The molecule has 2 bridgehead atoms. The Morgan fingerprint density at radius 3 is 2.52 bits per heavy atom. The SMILES string of the molecule is CC(=O)C[C@@H]1C(=O)[C@](O)(CO)[C@@H]2CC[C@@](C)(C2)[C@H]1C=COC(=O)C=C(C)C. The van der Waals surface area contributed by atoms with Gasteiger partial charge in [0.25, 0.3) is 0 Å². The highest BCUT2D eigenvalue weighted by molar-refractivity contribution is 5.94. The van der Waals surface area contributed by atoms with Crippen molar-refractivity contribution in [1.29, 1.82) is 0 Å². The Morgan fingerprint density at radius 1 is 1.30 bits per heavy atom. The number of ketones is 2. The fourth-order valence-corrected chi connectivity index (χ4v) is 4.72. The van der Waals surface area contributed by atoms with Crippen molar-refractivity contribution in [3.8, 4) is 0 Å². The second-order valence-corrected chi connectivity index (χ2v) is 8.57. The van der Waals surface area contributed by atoms with Crippen LogP contribution >= 0.6 is 0 Å². The minimum Gasteiger partial charge on any atom is -0.432 e. The number of fused-ring (bicyclic) bond motifs is 2. The van der Waals surface area contributed by atoms with Crippen LogP contribution in [0.1, 0.15) is 53.4 Å². The zero-order chi connectivity index (χ0) is 20.4. The van der Waals surface area contributed by atoms with E-state index in [-0.39, 0.29) is 29.5 Å². The Balaban J connectivity index is 2.38. The molecule has 0 aromatic carbocycles. The number of ether oxygens (including phenoxy) is 1. The lowest BCUT2D eigenvalue weighted by molar-refractivity contribution is -0.154. The zero-order valence-electron chi connectivity index (χ0n) is 16.5. The maximum absolute atomic E-state index is 13.1. The van der Waals surface area contributed by atoms with Gasteiger partial charge in [-0.25, -0.2) is 4.79 Å². The van der Waals surface area contributed by atoms with Crippen molar-refractivity contribution in [2.75, 3.05) is 6.61 Å². The third kappa shape index (κ3) is 4.38. The van der Waals surface area contributed by atoms with Crippen LogP contribution < -0.4 is 0 Å². The largest absolute Gasteiger partial charge is 0.432 e. The summed E-state index contributed by atoms with van der Waals surface area (Å²) in [5, 5.41) is 20.7. The Kier molecular flexibility index (Phi) is 6.43. The van der Waals surface area contributed by atoms with Gasteiger partial charge in [0, 0.05) is 18.4 Å². The molecule has 0 aromatic rings. The number of hydrogen-bond acceptors (Lipinski definition) is 6. The van der Waals surface area contributed by atoms with Gasteiger partial charge in [0.2, 0.25) is 0 Å². The molecule has 0 radical (unpaired) electrons. The standard InChI is InChI=1S/C21H30O6/c1-13(2)9-18(24)27-8-6-17-16(10-14(3)23)19(25)21(26,12-22)15-5-7-20(17,4)11-15/h6,8-9,15-17,22,26H,5,7,10-12H2,1-4H3/t15-,16+,17+,20+,21+/m1/s1. The van der Waals surface area contributed by atoms with Crippen LogP contribution in [0.2, 0.25) is 0 Å². The number of aliphatic hydroxyl groups is 2. The number of carbonyl (C=O) groups is 3. The maximum atomic E-state index is 13.1. The maximum Gasteiger partial charge on any atom is 0.335 e. The monoisotopic (exact) mass is 378 g/mol. The van der Waals surface area contributed by atoms with E-state index in [0.29, 0.717) is 12.8 Å². The average Bonchev–Trinajstić information content (AvgIpc) is 2.96. The Morgan fingerprint density at radius 2 is 1.96 bits per heavy atom. The lowest BCUT2D eigenvalue weighted by Gasteiger charge is -2.37. The number of esters is 1. The van der Waals surface area contributed by atoms with Crippen molar-refractivity contribution in [3.05, 3.63) is 24.0 Å². The smallest absolute Gasteiger partial charge is 0.335 e. The molecule has 2 fully saturated rings. The van der Waals surface area contributed by atoms with Crippen molar-refractivity contribution in [3.63, 3.8) is 0 Å². The van der Waals surface area contributed by atoms with Crippen LogP contribution in [0.15, 0.2) is 24.0 Å². The number of carbonyl (C=O) groups excluding carboxylic acids is 3. The highest BCUT2D eigenvalue weighted by Gasteiger charge is 2.59. The van der Waals surface area contributed by atoms with E-state index < -0.39 is 29.9 Å². The predicted octanol–water partition coefficient (Wildman–Crippen LogP) is 2.33. The summed E-state index contributed by atoms with van der Waals surface area (Å²) >= 11 is 0. The predicted molar refractivity (Wildman–Crippen MR) is 99.4 cm³/mol. The summed E-state index contributed by atoms with van der Waals surface area (Å²) in [4.78, 5) is 36.7. The average molecular weight is 378 g/mol. The number of Topliss-reactive ketones (excluding diaryl/α,β-unsaturated/α-hetero) is 2. The van der Waals surface area contributed by atoms with E-state index in [9.17, 15) is 24.6 Å². The summed E-state index contributed by atoms with van der Waals surface area (Å²) in [6, 6.07) is 0. The fourth-order valence-electron chi connectivity index (χ4n) is 4.72. The summed E-state index contributed by atoms with van der Waals surface area (Å²) in [5.41, 5.74) is -1.33. The summed E-state index contributed by atoms with van der Waals surface area (Å²) in [5.74, 6) is -2.60. The number of rotatable bonds is 6. The molecule has 150 valence electrons. The van der Waals surface area contributed by atoms with Crippen LogP contribution in [0.4, 0.5) is 0 Å². The van der Waals surface area contributed by atoms with Crippen molar-refractivity contribution in [1.82, 2.24) is 0 Å². The van der Waals surface area contributed by atoms with Gasteiger partial charge in [-0.3, -0.25) is 4.79 Å². The Bertz CT molecular complexity index is 674. The molecule has 2 saturated carbocycles. The van der Waals surface area contributed by atoms with Gasteiger partial charge in [-0.15, -0.1) is 0 Å². The number of aliphatic hydroxyl groups excluding tert-OH is 1. The molecule has 0 unspecified atom stereocenters. The van der Waals surface area contributed by atoms with Gasteiger partial charge in [0.1, 0.15) is 11.4 Å². The second-order valence-electron chi connectivity index (χ2n) is 8.57. The summed E-state index contributed by atoms with van der Waals surface area (Å²) in [6.07, 6.45) is 6.28. The molecule has 0 heterocycles. The molecule has 2 rings (SSSR count). The molecular formula is C21H30O6. The van der Waals surface area contributed by atoms with Crippen molar-refractivity contribution in [2.24, 2.45) is 23.2 Å². The van der Waals surface area contributed by atoms with E-state index in [4.69, 9.17) is 4.74 Å². The van der Waals surface area contributed by atoms with Crippen LogP contribution in [0.25, 0.3) is 0 Å². The molecule has 2 aliphatic rings. The van der Waals surface area contributed by atoms with E-state index in [0.717, 1.165) is 12.0 Å². The molecule has 0 saturated heterocycles. The van der Waals surface area contributed by atoms with Crippen LogP contribution in [0.3, 0.4) is 0 Å². The molecule has 0 aromatic heterocycles. The fraction of sp³-hybridized carbons (Fsp3) is 0.667. The van der Waals surface area contributed by atoms with Gasteiger partial charge in [-0.05, 0) is 63.4 Å². The molecule has 0 spiro atoms. The minimum atomic E-state index is -1.82. The highest BCUT2D eigenvalue weighted by atomic mass is 16.5. The zero-order valence-corrected chi connectivity index (χ0v) is 16.5. The summed E-state index contributed by atoms with van der Waals surface area (Å²) < 4.78 is 5.11. The quantitative estimate of drug-likeness (QED) is 0.418. The van der Waals surface area contributed by atoms with Crippen LogP contribution in [0, 0.1) is 23.2 Å². The van der Waals surface area contributed by atoms with E-state index in [1.807, 2.05) is 6.92 Å². The number of allylic oxidation sites excluding steroid dienone is 2. The molecular weight excluding hydrogens is 348 g/mol. The third-order valence-electron chi connectivity index (χ3n) is 6.08. The Labute approximate surface area is 160 Å². The van der Waals surface area contributed by atoms with Gasteiger partial charge in [-0.2, -0.15) is 0 Å². The molecule has 0 aliphatic heterocycles. The van der Waals surface area contributed by atoms with Crippen LogP contribution in [-0.2, 0) is 19.1 Å². The van der Waals surface area contributed by atoms with Crippen LogP contribution in [0.5, 0.6) is 0 Å². The normalized spacial score (nSPS) is 35.8. The lowest BCUT2D eigenvalue weighted by Crippen LogP contribution is -2.51. The van der Waals surface area contributed by atoms with Crippen molar-refractivity contribution >= 4 is 17.5 Å². The van der Waals surface area contributed by atoms with Gasteiger partial charge < -0.3 is 19.7 Å². The van der Waals surface area contributed by atoms with E-state index >= 15 is 0 Å². The van der Waals surface area contributed by atoms with E-state index in [1.54, 1.807) is 19.9 Å². The molecule has 2 N–H and O–H groups in total.